The summed E-state index contributed by atoms with van der Waals surface area (Å²) in [5, 5.41) is 13.4. The van der Waals surface area contributed by atoms with Crippen LogP contribution in [0.15, 0.2) is 42.1 Å². The van der Waals surface area contributed by atoms with E-state index in [1.165, 1.54) is 11.8 Å². The fourth-order valence-electron chi connectivity index (χ4n) is 2.30. The number of carbonyl (C=O) groups is 2. The highest BCUT2D eigenvalue weighted by molar-refractivity contribution is 8.00. The lowest BCUT2D eigenvalue weighted by Crippen LogP contribution is -2.42. The van der Waals surface area contributed by atoms with Crippen molar-refractivity contribution >= 4 is 23.7 Å². The van der Waals surface area contributed by atoms with E-state index in [2.05, 4.69) is 27.4 Å². The molecule has 26 heavy (non-hydrogen) atoms. The van der Waals surface area contributed by atoms with E-state index < -0.39 is 11.3 Å². The van der Waals surface area contributed by atoms with Crippen LogP contribution in [0.4, 0.5) is 4.79 Å². The molecule has 1 aromatic heterocycles. The number of carbonyl (C=O) groups excluding carboxylic acids is 2. The number of nitrogens with zero attached hydrogens (tertiary/aromatic N) is 3. The molecule has 0 aliphatic heterocycles. The van der Waals surface area contributed by atoms with Gasteiger partial charge in [0.25, 0.3) is 0 Å². The molecule has 0 saturated heterocycles. The minimum atomic E-state index is -0.504. The Kier molecular flexibility index (Phi) is 6.97. The lowest BCUT2D eigenvalue weighted by atomic mass is 10.1. The molecule has 0 spiro atoms. The molecule has 1 aromatic carbocycles. The summed E-state index contributed by atoms with van der Waals surface area (Å²) in [6, 6.07) is 7.48. The molecule has 2 rings (SSSR count). The van der Waals surface area contributed by atoms with Crippen molar-refractivity contribution in [1.82, 2.24) is 25.4 Å². The van der Waals surface area contributed by atoms with Gasteiger partial charge in [0.2, 0.25) is 5.91 Å². The first kappa shape index (κ1) is 19.7. The van der Waals surface area contributed by atoms with Crippen LogP contribution < -0.4 is 10.6 Å². The highest BCUT2D eigenvalue weighted by atomic mass is 32.2. The van der Waals surface area contributed by atoms with Crippen molar-refractivity contribution in [2.24, 2.45) is 0 Å². The van der Waals surface area contributed by atoms with Gasteiger partial charge in [0.1, 0.15) is 0 Å². The molecule has 0 aliphatic rings. The van der Waals surface area contributed by atoms with E-state index in [1.807, 2.05) is 35.8 Å². The maximum atomic E-state index is 12.2. The second-order valence-electron chi connectivity index (χ2n) is 5.68. The maximum absolute atomic E-state index is 12.2. The van der Waals surface area contributed by atoms with Crippen LogP contribution in [0.1, 0.15) is 19.4 Å². The zero-order valence-electron chi connectivity index (χ0n) is 15.2. The molecule has 0 radical (unpaired) electrons. The number of aryl methyl sites for hydroxylation is 1. The first-order valence-electron chi connectivity index (χ1n) is 8.32. The van der Waals surface area contributed by atoms with Crippen molar-refractivity contribution in [3.05, 3.63) is 42.5 Å². The summed E-state index contributed by atoms with van der Waals surface area (Å²) in [7, 11) is 0. The summed E-state index contributed by atoms with van der Waals surface area (Å²) in [4.78, 5) is 23.7. The Morgan fingerprint density at radius 1 is 1.38 bits per heavy atom. The number of imide groups is 1. The molecule has 0 aliphatic carbocycles. The van der Waals surface area contributed by atoms with Crippen LogP contribution >= 0.6 is 11.8 Å². The molecule has 3 amide bonds. The zero-order valence-corrected chi connectivity index (χ0v) is 16.0. The Morgan fingerprint density at radius 2 is 2.15 bits per heavy atom. The number of aromatic nitrogens is 3. The average Bonchev–Trinajstić information content (AvgIpc) is 2.98. The van der Waals surface area contributed by atoms with E-state index in [1.54, 1.807) is 19.9 Å². The first-order chi connectivity index (χ1) is 12.5. The molecule has 138 valence electrons. The molecule has 0 bridgehead atoms. The third kappa shape index (κ3) is 4.95. The van der Waals surface area contributed by atoms with Crippen LogP contribution in [0.2, 0.25) is 0 Å². The minimum absolute atomic E-state index is 0.383. The van der Waals surface area contributed by atoms with E-state index in [4.69, 9.17) is 0 Å². The number of allylic oxidation sites excluding steroid dienone is 1. The van der Waals surface area contributed by atoms with Crippen LogP contribution in [0.25, 0.3) is 11.4 Å². The van der Waals surface area contributed by atoms with Gasteiger partial charge < -0.3 is 5.32 Å². The Morgan fingerprint density at radius 3 is 2.81 bits per heavy atom. The summed E-state index contributed by atoms with van der Waals surface area (Å²) in [5.74, 6) is 0.332. The molecule has 2 N–H and O–H groups in total. The van der Waals surface area contributed by atoms with Crippen LogP contribution in [0, 0.1) is 6.92 Å². The smallest absolute Gasteiger partial charge is 0.321 e. The average molecular weight is 373 g/mol. The Hall–Kier alpha value is -2.61. The van der Waals surface area contributed by atoms with Gasteiger partial charge in [-0.1, -0.05) is 41.6 Å². The topological polar surface area (TPSA) is 88.9 Å². The van der Waals surface area contributed by atoms with Crippen molar-refractivity contribution in [3.63, 3.8) is 0 Å². The third-order valence-electron chi connectivity index (χ3n) is 3.53. The highest BCUT2D eigenvalue weighted by Gasteiger charge is 2.21. The second-order valence-corrected chi connectivity index (χ2v) is 6.99. The van der Waals surface area contributed by atoms with Crippen molar-refractivity contribution < 1.29 is 9.59 Å². The van der Waals surface area contributed by atoms with Gasteiger partial charge in [0.05, 0.1) is 5.25 Å². The van der Waals surface area contributed by atoms with Crippen LogP contribution in [0.5, 0.6) is 0 Å². The van der Waals surface area contributed by atoms with Gasteiger partial charge in [0, 0.05) is 18.7 Å². The number of thioether (sulfide) groups is 1. The molecule has 1 atom stereocenters. The van der Waals surface area contributed by atoms with Crippen molar-refractivity contribution in [3.8, 4) is 11.4 Å². The van der Waals surface area contributed by atoms with Gasteiger partial charge in [0.15, 0.2) is 11.0 Å². The second kappa shape index (κ2) is 9.19. The van der Waals surface area contributed by atoms with E-state index in [0.29, 0.717) is 24.1 Å². The van der Waals surface area contributed by atoms with Gasteiger partial charge in [-0.15, -0.1) is 16.8 Å². The molecular formula is C18H23N5O2S. The highest BCUT2D eigenvalue weighted by Crippen LogP contribution is 2.27. The number of hydrogen-bond acceptors (Lipinski definition) is 5. The van der Waals surface area contributed by atoms with E-state index in [0.717, 1.165) is 11.1 Å². The van der Waals surface area contributed by atoms with Crippen LogP contribution in [0.3, 0.4) is 0 Å². The van der Waals surface area contributed by atoms with Gasteiger partial charge in [-0.3, -0.25) is 14.7 Å². The number of nitrogens with one attached hydrogen (secondary N) is 2. The summed E-state index contributed by atoms with van der Waals surface area (Å²) in [6.07, 6.45) is 1.76. The van der Waals surface area contributed by atoms with E-state index in [-0.39, 0.29) is 5.91 Å². The number of benzene rings is 1. The van der Waals surface area contributed by atoms with Crippen molar-refractivity contribution in [1.29, 1.82) is 0 Å². The van der Waals surface area contributed by atoms with Crippen LogP contribution in [-0.2, 0) is 11.3 Å². The Balaban J connectivity index is 2.20. The van der Waals surface area contributed by atoms with Gasteiger partial charge in [-0.25, -0.2) is 4.79 Å². The third-order valence-corrected chi connectivity index (χ3v) is 4.61. The lowest BCUT2D eigenvalue weighted by Gasteiger charge is -2.12. The number of amides is 3. The molecule has 2 aromatic rings. The summed E-state index contributed by atoms with van der Waals surface area (Å²) in [6.45, 7) is 10.3. The van der Waals surface area contributed by atoms with Crippen molar-refractivity contribution in [2.45, 2.75) is 37.7 Å². The largest absolute Gasteiger partial charge is 0.338 e. The zero-order chi connectivity index (χ0) is 19.1. The van der Waals surface area contributed by atoms with Gasteiger partial charge in [-0.2, -0.15) is 0 Å². The fourth-order valence-corrected chi connectivity index (χ4v) is 3.16. The molecular weight excluding hydrogens is 350 g/mol. The number of hydrogen-bond donors (Lipinski definition) is 2. The minimum Gasteiger partial charge on any atom is -0.338 e. The van der Waals surface area contributed by atoms with Gasteiger partial charge in [-0.05, 0) is 26.8 Å². The van der Waals surface area contributed by atoms with Gasteiger partial charge >= 0.3 is 6.03 Å². The quantitative estimate of drug-likeness (QED) is 0.575. The standard InChI is InChI=1S/C18H23N5O2S/c1-5-10-23-15(14-9-7-8-12(3)11-14)21-22-18(23)26-13(4)16(24)20-17(25)19-6-2/h5,7-9,11,13H,1,6,10H2,2-4H3,(H2,19,20,24,25). The first-order valence-corrected chi connectivity index (χ1v) is 9.20. The molecule has 0 saturated carbocycles. The molecule has 1 unspecified atom stereocenters. The van der Waals surface area contributed by atoms with Crippen LogP contribution in [-0.4, -0.2) is 38.5 Å². The lowest BCUT2D eigenvalue weighted by molar-refractivity contribution is -0.119. The summed E-state index contributed by atoms with van der Waals surface area (Å²) < 4.78 is 1.91. The Bertz CT molecular complexity index is 803. The number of rotatable bonds is 7. The molecule has 7 nitrogen and oxygen atoms in total. The molecule has 1 heterocycles. The predicted octanol–water partition coefficient (Wildman–Crippen LogP) is 2.77. The van der Waals surface area contributed by atoms with Crippen molar-refractivity contribution in [2.75, 3.05) is 6.54 Å². The SMILES string of the molecule is C=CCn1c(SC(C)C(=O)NC(=O)NCC)nnc1-c1cccc(C)c1. The summed E-state index contributed by atoms with van der Waals surface area (Å²) in [5.41, 5.74) is 2.07. The molecule has 8 heteroatoms. The fraction of sp³-hybridized carbons (Fsp3) is 0.333. The molecule has 0 fully saturated rings. The summed E-state index contributed by atoms with van der Waals surface area (Å²) >= 11 is 1.25. The monoisotopic (exact) mass is 373 g/mol. The van der Waals surface area contributed by atoms with E-state index in [9.17, 15) is 9.59 Å². The van der Waals surface area contributed by atoms with E-state index >= 15 is 0 Å². The maximum Gasteiger partial charge on any atom is 0.321 e. The number of urea groups is 1. The Labute approximate surface area is 157 Å². The predicted molar refractivity (Wildman–Crippen MR) is 103 cm³/mol. The normalized spacial score (nSPS) is 11.7.